The largest absolute Gasteiger partial charge is 0.396 e. The van der Waals surface area contributed by atoms with Gasteiger partial charge in [-0.3, -0.25) is 0 Å². The first-order valence-corrected chi connectivity index (χ1v) is 4.28. The van der Waals surface area contributed by atoms with Crippen molar-refractivity contribution in [3.8, 4) is 0 Å². The van der Waals surface area contributed by atoms with E-state index in [1.807, 2.05) is 0 Å². The summed E-state index contributed by atoms with van der Waals surface area (Å²) in [6.07, 6.45) is -3.18. The normalized spacial score (nSPS) is 18.7. The first kappa shape index (κ1) is 12.8. The van der Waals surface area contributed by atoms with E-state index in [4.69, 9.17) is 5.11 Å². The molecule has 0 aromatic heterocycles. The summed E-state index contributed by atoms with van der Waals surface area (Å²) in [5.41, 5.74) is 0. The third-order valence-corrected chi connectivity index (χ3v) is 1.77. The second kappa shape index (κ2) is 6.28. The maximum Gasteiger partial charge on any atom is 0.107 e. The second-order valence-electron chi connectivity index (χ2n) is 3.40. The standard InChI is InChI=1S/C8H19NO4/c1-9(2)5-7(12)8(13)6(11)3-4-10/h6-8,10-13H,3-5H2,1-2H3. The minimum Gasteiger partial charge on any atom is -0.396 e. The van der Waals surface area contributed by atoms with Crippen molar-refractivity contribution in [2.75, 3.05) is 27.2 Å². The molecular weight excluding hydrogens is 174 g/mol. The molecule has 0 fully saturated rings. The minimum absolute atomic E-state index is 0.0751. The Morgan fingerprint density at radius 2 is 1.62 bits per heavy atom. The molecule has 5 nitrogen and oxygen atoms in total. The van der Waals surface area contributed by atoms with Crippen LogP contribution < -0.4 is 0 Å². The molecule has 0 spiro atoms. The molecule has 80 valence electrons. The Kier molecular flexibility index (Phi) is 6.19. The van der Waals surface area contributed by atoms with Crippen LogP contribution in [0.2, 0.25) is 0 Å². The van der Waals surface area contributed by atoms with Crippen molar-refractivity contribution < 1.29 is 20.4 Å². The van der Waals surface area contributed by atoms with E-state index in [1.165, 1.54) is 0 Å². The number of rotatable bonds is 6. The van der Waals surface area contributed by atoms with Crippen molar-refractivity contribution in [2.24, 2.45) is 0 Å². The first-order valence-electron chi connectivity index (χ1n) is 4.28. The fourth-order valence-corrected chi connectivity index (χ4v) is 1.04. The molecule has 5 heteroatoms. The maximum absolute atomic E-state index is 9.35. The molecular formula is C8H19NO4. The van der Waals surface area contributed by atoms with Gasteiger partial charge in [0.05, 0.1) is 12.2 Å². The lowest BCUT2D eigenvalue weighted by atomic mass is 10.1. The quantitative estimate of drug-likeness (QED) is 0.392. The third kappa shape index (κ3) is 5.17. The van der Waals surface area contributed by atoms with Gasteiger partial charge >= 0.3 is 0 Å². The lowest BCUT2D eigenvalue weighted by Crippen LogP contribution is -2.43. The van der Waals surface area contributed by atoms with E-state index in [0.29, 0.717) is 0 Å². The highest BCUT2D eigenvalue weighted by atomic mass is 16.4. The van der Waals surface area contributed by atoms with Crippen LogP contribution in [0.4, 0.5) is 0 Å². The van der Waals surface area contributed by atoms with Crippen LogP contribution in [0.3, 0.4) is 0 Å². The summed E-state index contributed by atoms with van der Waals surface area (Å²) in [6.45, 7) is 0.0799. The summed E-state index contributed by atoms with van der Waals surface area (Å²) >= 11 is 0. The summed E-state index contributed by atoms with van der Waals surface area (Å²) < 4.78 is 0. The summed E-state index contributed by atoms with van der Waals surface area (Å²) in [7, 11) is 3.52. The molecule has 0 saturated carbocycles. The summed E-state index contributed by atoms with van der Waals surface area (Å²) in [6, 6.07) is 0. The van der Waals surface area contributed by atoms with E-state index in [1.54, 1.807) is 19.0 Å². The molecule has 0 aliphatic rings. The predicted octanol–water partition coefficient (Wildman–Crippen LogP) is -1.99. The fourth-order valence-electron chi connectivity index (χ4n) is 1.04. The molecule has 0 aromatic rings. The Labute approximate surface area is 78.2 Å². The van der Waals surface area contributed by atoms with E-state index in [0.717, 1.165) is 0 Å². The van der Waals surface area contributed by atoms with Crippen molar-refractivity contribution in [1.82, 2.24) is 4.90 Å². The summed E-state index contributed by atoms with van der Waals surface area (Å²) in [4.78, 5) is 1.71. The molecule has 0 bridgehead atoms. The lowest BCUT2D eigenvalue weighted by molar-refractivity contribution is -0.0713. The number of hydrogen-bond donors (Lipinski definition) is 4. The molecule has 0 heterocycles. The average Bonchev–Trinajstić information content (AvgIpc) is 2.02. The molecule has 3 atom stereocenters. The Hall–Kier alpha value is -0.200. The van der Waals surface area contributed by atoms with Crippen molar-refractivity contribution in [3.63, 3.8) is 0 Å². The molecule has 0 aromatic carbocycles. The molecule has 0 amide bonds. The van der Waals surface area contributed by atoms with Crippen molar-refractivity contribution in [1.29, 1.82) is 0 Å². The zero-order chi connectivity index (χ0) is 10.4. The smallest absolute Gasteiger partial charge is 0.107 e. The van der Waals surface area contributed by atoms with Gasteiger partial charge in [0.25, 0.3) is 0 Å². The van der Waals surface area contributed by atoms with Gasteiger partial charge in [-0.1, -0.05) is 0 Å². The molecule has 4 N–H and O–H groups in total. The molecule has 0 rings (SSSR count). The highest BCUT2D eigenvalue weighted by Gasteiger charge is 2.24. The van der Waals surface area contributed by atoms with Crippen molar-refractivity contribution in [3.05, 3.63) is 0 Å². The molecule has 0 saturated heterocycles. The number of likely N-dealkylation sites (N-methyl/N-ethyl adjacent to an activating group) is 1. The van der Waals surface area contributed by atoms with Crippen LogP contribution in [-0.4, -0.2) is 70.9 Å². The van der Waals surface area contributed by atoms with Crippen LogP contribution in [0, 0.1) is 0 Å². The van der Waals surface area contributed by atoms with Gasteiger partial charge in [0.1, 0.15) is 6.10 Å². The molecule has 0 radical (unpaired) electrons. The fraction of sp³-hybridized carbons (Fsp3) is 1.00. The number of aliphatic hydroxyl groups excluding tert-OH is 4. The van der Waals surface area contributed by atoms with Crippen LogP contribution in [0.15, 0.2) is 0 Å². The van der Waals surface area contributed by atoms with Gasteiger partial charge in [-0.15, -0.1) is 0 Å². The van der Waals surface area contributed by atoms with Gasteiger partial charge in [0.2, 0.25) is 0 Å². The summed E-state index contributed by atoms with van der Waals surface area (Å²) in [5.74, 6) is 0. The molecule has 3 unspecified atom stereocenters. The van der Waals surface area contributed by atoms with Gasteiger partial charge in [-0.2, -0.15) is 0 Å². The topological polar surface area (TPSA) is 84.2 Å². The van der Waals surface area contributed by atoms with Gasteiger partial charge in [-0.25, -0.2) is 0 Å². The number of nitrogens with zero attached hydrogens (tertiary/aromatic N) is 1. The van der Waals surface area contributed by atoms with Crippen molar-refractivity contribution in [2.45, 2.75) is 24.7 Å². The van der Waals surface area contributed by atoms with E-state index in [-0.39, 0.29) is 19.6 Å². The van der Waals surface area contributed by atoms with Crippen LogP contribution >= 0.6 is 0 Å². The SMILES string of the molecule is CN(C)CC(O)C(O)C(O)CCO. The molecule has 13 heavy (non-hydrogen) atoms. The zero-order valence-corrected chi connectivity index (χ0v) is 8.09. The van der Waals surface area contributed by atoms with E-state index < -0.39 is 18.3 Å². The Bertz CT molecular complexity index is 131. The number of aliphatic hydroxyl groups is 4. The van der Waals surface area contributed by atoms with Crippen LogP contribution in [-0.2, 0) is 0 Å². The Balaban J connectivity index is 3.85. The van der Waals surface area contributed by atoms with E-state index in [9.17, 15) is 15.3 Å². The average molecular weight is 193 g/mol. The van der Waals surface area contributed by atoms with Gasteiger partial charge in [-0.05, 0) is 20.5 Å². The van der Waals surface area contributed by atoms with E-state index in [2.05, 4.69) is 0 Å². The highest BCUT2D eigenvalue weighted by molar-refractivity contribution is 4.76. The zero-order valence-electron chi connectivity index (χ0n) is 8.09. The second-order valence-corrected chi connectivity index (χ2v) is 3.40. The van der Waals surface area contributed by atoms with E-state index >= 15 is 0 Å². The first-order chi connectivity index (χ1) is 5.99. The maximum atomic E-state index is 9.35. The van der Waals surface area contributed by atoms with Crippen LogP contribution in [0.25, 0.3) is 0 Å². The van der Waals surface area contributed by atoms with Crippen LogP contribution in [0.1, 0.15) is 6.42 Å². The molecule has 0 aliphatic heterocycles. The third-order valence-electron chi connectivity index (χ3n) is 1.77. The Morgan fingerprint density at radius 3 is 2.00 bits per heavy atom. The predicted molar refractivity (Wildman–Crippen MR) is 48.3 cm³/mol. The van der Waals surface area contributed by atoms with Crippen molar-refractivity contribution >= 4 is 0 Å². The summed E-state index contributed by atoms with van der Waals surface area (Å²) in [5, 5.41) is 36.4. The minimum atomic E-state index is -1.20. The van der Waals surface area contributed by atoms with Gasteiger partial charge < -0.3 is 25.3 Å². The Morgan fingerprint density at radius 1 is 1.08 bits per heavy atom. The highest BCUT2D eigenvalue weighted by Crippen LogP contribution is 2.04. The van der Waals surface area contributed by atoms with Crippen LogP contribution in [0.5, 0.6) is 0 Å². The monoisotopic (exact) mass is 193 g/mol. The van der Waals surface area contributed by atoms with Gasteiger partial charge in [0.15, 0.2) is 0 Å². The lowest BCUT2D eigenvalue weighted by Gasteiger charge is -2.24. The molecule has 0 aliphatic carbocycles. The van der Waals surface area contributed by atoms with Gasteiger partial charge in [0, 0.05) is 13.2 Å². The number of hydrogen-bond acceptors (Lipinski definition) is 5.